The zero-order chi connectivity index (χ0) is 14.5. The normalized spacial score (nSPS) is 10.2. The summed E-state index contributed by atoms with van der Waals surface area (Å²) in [4.78, 5) is 10.2. The Labute approximate surface area is 117 Å². The summed E-state index contributed by atoms with van der Waals surface area (Å²) >= 11 is 0. The standard InChI is InChI=1S/C14H17FN4O/c1-4-16-13-12(20-3)14(18-9-17-13)19(2)11-7-5-10(15)6-8-11/h5-9H,4H2,1-3H3,(H,16,17,18). The number of ether oxygens (including phenoxy) is 1. The molecule has 0 saturated heterocycles. The maximum atomic E-state index is 13.0. The molecule has 1 aromatic heterocycles. The van der Waals surface area contributed by atoms with E-state index >= 15 is 0 Å². The van der Waals surface area contributed by atoms with Gasteiger partial charge >= 0.3 is 0 Å². The van der Waals surface area contributed by atoms with Crippen molar-refractivity contribution in [2.24, 2.45) is 0 Å². The third-order valence-electron chi connectivity index (χ3n) is 2.86. The molecule has 106 valence electrons. The number of nitrogens with one attached hydrogen (secondary N) is 1. The third kappa shape index (κ3) is 2.79. The van der Waals surface area contributed by atoms with Crippen LogP contribution in [0.2, 0.25) is 0 Å². The second-order valence-corrected chi connectivity index (χ2v) is 4.14. The summed E-state index contributed by atoms with van der Waals surface area (Å²) in [6.45, 7) is 2.71. The van der Waals surface area contributed by atoms with E-state index in [0.717, 1.165) is 12.2 Å². The van der Waals surface area contributed by atoms with Crippen LogP contribution in [-0.4, -0.2) is 30.7 Å². The summed E-state index contributed by atoms with van der Waals surface area (Å²) in [7, 11) is 3.41. The fraction of sp³-hybridized carbons (Fsp3) is 0.286. The van der Waals surface area contributed by atoms with Gasteiger partial charge in [0.05, 0.1) is 7.11 Å². The van der Waals surface area contributed by atoms with E-state index in [1.165, 1.54) is 18.5 Å². The Bertz CT molecular complexity index is 574. The number of benzene rings is 1. The molecule has 0 aliphatic heterocycles. The highest BCUT2D eigenvalue weighted by atomic mass is 19.1. The molecule has 1 heterocycles. The van der Waals surface area contributed by atoms with Crippen molar-refractivity contribution in [2.75, 3.05) is 30.9 Å². The van der Waals surface area contributed by atoms with Crippen LogP contribution < -0.4 is 15.0 Å². The number of anilines is 3. The lowest BCUT2D eigenvalue weighted by molar-refractivity contribution is 0.414. The summed E-state index contributed by atoms with van der Waals surface area (Å²) in [5, 5.41) is 3.12. The molecule has 20 heavy (non-hydrogen) atoms. The van der Waals surface area contributed by atoms with Crippen LogP contribution in [0.25, 0.3) is 0 Å². The number of methoxy groups -OCH3 is 1. The number of halogens is 1. The number of hydrogen-bond donors (Lipinski definition) is 1. The fourth-order valence-electron chi connectivity index (χ4n) is 1.87. The first-order valence-corrected chi connectivity index (χ1v) is 6.29. The van der Waals surface area contributed by atoms with E-state index in [9.17, 15) is 4.39 Å². The SMILES string of the molecule is CCNc1ncnc(N(C)c2ccc(F)cc2)c1OC. The molecule has 0 aliphatic carbocycles. The lowest BCUT2D eigenvalue weighted by Gasteiger charge is -2.21. The molecule has 0 fully saturated rings. The van der Waals surface area contributed by atoms with Crippen LogP contribution in [0.1, 0.15) is 6.92 Å². The molecule has 2 aromatic rings. The fourth-order valence-corrected chi connectivity index (χ4v) is 1.87. The van der Waals surface area contributed by atoms with Gasteiger partial charge in [0.1, 0.15) is 12.1 Å². The van der Waals surface area contributed by atoms with E-state index in [1.807, 2.05) is 18.9 Å². The second kappa shape index (κ2) is 6.18. The van der Waals surface area contributed by atoms with Gasteiger partial charge in [-0.2, -0.15) is 0 Å². The molecular weight excluding hydrogens is 259 g/mol. The lowest BCUT2D eigenvalue weighted by Crippen LogP contribution is -2.14. The Morgan fingerprint density at radius 3 is 2.55 bits per heavy atom. The van der Waals surface area contributed by atoms with Gasteiger partial charge in [-0.25, -0.2) is 14.4 Å². The van der Waals surface area contributed by atoms with Crippen LogP contribution in [-0.2, 0) is 0 Å². The lowest BCUT2D eigenvalue weighted by atomic mass is 10.3. The first-order chi connectivity index (χ1) is 9.67. The minimum absolute atomic E-state index is 0.273. The molecule has 0 spiro atoms. The van der Waals surface area contributed by atoms with Crippen LogP contribution in [0.5, 0.6) is 5.75 Å². The van der Waals surface area contributed by atoms with Gasteiger partial charge in [0.2, 0.25) is 5.75 Å². The second-order valence-electron chi connectivity index (χ2n) is 4.14. The van der Waals surface area contributed by atoms with Crippen LogP contribution in [0.4, 0.5) is 21.7 Å². The van der Waals surface area contributed by atoms with E-state index in [4.69, 9.17) is 4.74 Å². The van der Waals surface area contributed by atoms with Crippen LogP contribution in [0.15, 0.2) is 30.6 Å². The van der Waals surface area contributed by atoms with Gasteiger partial charge < -0.3 is 15.0 Å². The first-order valence-electron chi connectivity index (χ1n) is 6.29. The average Bonchev–Trinajstić information content (AvgIpc) is 2.47. The predicted molar refractivity (Wildman–Crippen MR) is 77.2 cm³/mol. The minimum Gasteiger partial charge on any atom is -0.490 e. The Kier molecular flexibility index (Phi) is 4.34. The van der Waals surface area contributed by atoms with Crippen molar-refractivity contribution in [3.8, 4) is 5.75 Å². The maximum absolute atomic E-state index is 13.0. The zero-order valence-electron chi connectivity index (χ0n) is 11.7. The van der Waals surface area contributed by atoms with E-state index < -0.39 is 0 Å². The van der Waals surface area contributed by atoms with Gasteiger partial charge in [-0.3, -0.25) is 0 Å². The number of hydrogen-bond acceptors (Lipinski definition) is 5. The third-order valence-corrected chi connectivity index (χ3v) is 2.86. The molecule has 0 bridgehead atoms. The van der Waals surface area contributed by atoms with Crippen molar-refractivity contribution in [1.29, 1.82) is 0 Å². The highest BCUT2D eigenvalue weighted by molar-refractivity contribution is 5.70. The van der Waals surface area contributed by atoms with Gasteiger partial charge in [-0.1, -0.05) is 0 Å². The minimum atomic E-state index is -0.273. The van der Waals surface area contributed by atoms with Crippen molar-refractivity contribution in [2.45, 2.75) is 6.92 Å². The Morgan fingerprint density at radius 2 is 1.95 bits per heavy atom. The van der Waals surface area contributed by atoms with Crippen molar-refractivity contribution < 1.29 is 9.13 Å². The summed E-state index contributed by atoms with van der Waals surface area (Å²) < 4.78 is 18.4. The molecule has 0 unspecified atom stereocenters. The molecular formula is C14H17FN4O. The van der Waals surface area contributed by atoms with E-state index in [1.54, 1.807) is 19.2 Å². The number of aromatic nitrogens is 2. The molecule has 1 aromatic carbocycles. The first kappa shape index (κ1) is 14.0. The average molecular weight is 276 g/mol. The van der Waals surface area contributed by atoms with Gasteiger partial charge in [0.15, 0.2) is 11.6 Å². The maximum Gasteiger partial charge on any atom is 0.204 e. The monoisotopic (exact) mass is 276 g/mol. The molecule has 0 saturated carbocycles. The predicted octanol–water partition coefficient (Wildman–Crippen LogP) is 2.82. The summed E-state index contributed by atoms with van der Waals surface area (Å²) in [6, 6.07) is 6.18. The molecule has 1 N–H and O–H groups in total. The quantitative estimate of drug-likeness (QED) is 0.910. The molecule has 0 amide bonds. The van der Waals surface area contributed by atoms with Gasteiger partial charge in [-0.15, -0.1) is 0 Å². The molecule has 0 atom stereocenters. The highest BCUT2D eigenvalue weighted by Crippen LogP contribution is 2.34. The Morgan fingerprint density at radius 1 is 1.25 bits per heavy atom. The topological polar surface area (TPSA) is 50.3 Å². The van der Waals surface area contributed by atoms with Crippen molar-refractivity contribution in [1.82, 2.24) is 9.97 Å². The number of nitrogens with zero attached hydrogens (tertiary/aromatic N) is 3. The Hall–Kier alpha value is -2.37. The molecule has 6 heteroatoms. The number of rotatable bonds is 5. The van der Waals surface area contributed by atoms with Crippen molar-refractivity contribution >= 4 is 17.3 Å². The Balaban J connectivity index is 2.40. The smallest absolute Gasteiger partial charge is 0.204 e. The molecule has 0 radical (unpaired) electrons. The van der Waals surface area contributed by atoms with Crippen molar-refractivity contribution in [3.63, 3.8) is 0 Å². The summed E-state index contributed by atoms with van der Waals surface area (Å²) in [5.41, 5.74) is 0.811. The highest BCUT2D eigenvalue weighted by Gasteiger charge is 2.16. The van der Waals surface area contributed by atoms with E-state index in [-0.39, 0.29) is 5.82 Å². The van der Waals surface area contributed by atoms with Crippen molar-refractivity contribution in [3.05, 3.63) is 36.4 Å². The van der Waals surface area contributed by atoms with Crippen LogP contribution in [0.3, 0.4) is 0 Å². The zero-order valence-corrected chi connectivity index (χ0v) is 11.7. The summed E-state index contributed by atoms with van der Waals surface area (Å²) in [5.74, 6) is 1.53. The largest absolute Gasteiger partial charge is 0.490 e. The van der Waals surface area contributed by atoms with E-state index in [0.29, 0.717) is 17.4 Å². The molecule has 2 rings (SSSR count). The van der Waals surface area contributed by atoms with Gasteiger partial charge in [-0.05, 0) is 31.2 Å². The van der Waals surface area contributed by atoms with Crippen LogP contribution >= 0.6 is 0 Å². The molecule has 0 aliphatic rings. The van der Waals surface area contributed by atoms with E-state index in [2.05, 4.69) is 15.3 Å². The van der Waals surface area contributed by atoms with Gasteiger partial charge in [0.25, 0.3) is 0 Å². The molecule has 5 nitrogen and oxygen atoms in total. The summed E-state index contributed by atoms with van der Waals surface area (Å²) in [6.07, 6.45) is 1.47. The van der Waals surface area contributed by atoms with Crippen LogP contribution in [0, 0.1) is 5.82 Å². The van der Waals surface area contributed by atoms with Gasteiger partial charge in [0, 0.05) is 19.3 Å².